The van der Waals surface area contributed by atoms with Crippen LogP contribution in [0.2, 0.25) is 5.02 Å². The topological polar surface area (TPSA) is 42.0 Å². The van der Waals surface area contributed by atoms with Crippen LogP contribution in [0, 0.1) is 6.92 Å². The van der Waals surface area contributed by atoms with Gasteiger partial charge in [-0.15, -0.1) is 11.6 Å². The van der Waals surface area contributed by atoms with Crippen molar-refractivity contribution in [1.82, 2.24) is 4.98 Å². The van der Waals surface area contributed by atoms with Crippen molar-refractivity contribution in [2.45, 2.75) is 19.2 Å². The Labute approximate surface area is 92.4 Å². The molecule has 0 saturated carbocycles. The van der Waals surface area contributed by atoms with E-state index < -0.39 is 5.38 Å². The highest BCUT2D eigenvalue weighted by molar-refractivity contribution is 6.32. The van der Waals surface area contributed by atoms with E-state index in [0.29, 0.717) is 10.8 Å². The molecule has 0 spiro atoms. The summed E-state index contributed by atoms with van der Waals surface area (Å²) in [6.07, 6.45) is 1.48. The predicted molar refractivity (Wildman–Crippen MR) is 57.9 cm³/mol. The fourth-order valence-corrected chi connectivity index (χ4v) is 1.15. The van der Waals surface area contributed by atoms with Gasteiger partial charge < -0.3 is 5.32 Å². The van der Waals surface area contributed by atoms with Gasteiger partial charge in [-0.2, -0.15) is 0 Å². The van der Waals surface area contributed by atoms with E-state index in [2.05, 4.69) is 10.3 Å². The summed E-state index contributed by atoms with van der Waals surface area (Å²) in [5, 5.41) is 2.56. The number of aryl methyl sites for hydroxylation is 1. The van der Waals surface area contributed by atoms with Crippen LogP contribution in [-0.4, -0.2) is 16.3 Å². The first kappa shape index (κ1) is 11.3. The lowest BCUT2D eigenvalue weighted by Gasteiger charge is -2.08. The van der Waals surface area contributed by atoms with E-state index in [1.165, 1.54) is 6.20 Å². The first-order chi connectivity index (χ1) is 6.50. The molecule has 1 aromatic heterocycles. The van der Waals surface area contributed by atoms with Gasteiger partial charge in [0.25, 0.3) is 0 Å². The Hall–Kier alpha value is -0.800. The van der Waals surface area contributed by atoms with Crippen molar-refractivity contribution in [3.63, 3.8) is 0 Å². The Bertz CT molecular complexity index is 353. The highest BCUT2D eigenvalue weighted by atomic mass is 35.5. The molecule has 0 radical (unpaired) electrons. The van der Waals surface area contributed by atoms with Crippen molar-refractivity contribution in [2.75, 3.05) is 5.32 Å². The third-order valence-corrected chi connectivity index (χ3v) is 2.05. The largest absolute Gasteiger partial charge is 0.309 e. The van der Waals surface area contributed by atoms with E-state index in [-0.39, 0.29) is 5.91 Å². The Balaban J connectivity index is 2.82. The zero-order valence-corrected chi connectivity index (χ0v) is 9.36. The second kappa shape index (κ2) is 4.62. The van der Waals surface area contributed by atoms with Crippen LogP contribution in [0.25, 0.3) is 0 Å². The number of rotatable bonds is 2. The van der Waals surface area contributed by atoms with Crippen molar-refractivity contribution in [3.8, 4) is 0 Å². The summed E-state index contributed by atoms with van der Waals surface area (Å²) in [6, 6.07) is 1.73. The fourth-order valence-electron chi connectivity index (χ4n) is 0.887. The van der Waals surface area contributed by atoms with Crippen molar-refractivity contribution in [1.29, 1.82) is 0 Å². The molecule has 1 aromatic rings. The number of hydrogen-bond acceptors (Lipinski definition) is 2. The number of nitrogens with zero attached hydrogens (tertiary/aromatic N) is 1. The molecule has 0 aliphatic heterocycles. The maximum Gasteiger partial charge on any atom is 0.243 e. The number of aromatic nitrogens is 1. The standard InChI is InChI=1S/C9H10Cl2N2O/c1-5-3-7(11)4-12-8(5)13-9(14)6(2)10/h3-4,6H,1-2H3,(H,12,13,14). The molecule has 0 fully saturated rings. The Morgan fingerprint density at radius 2 is 2.29 bits per heavy atom. The minimum Gasteiger partial charge on any atom is -0.309 e. The smallest absolute Gasteiger partial charge is 0.243 e. The number of nitrogens with one attached hydrogen (secondary N) is 1. The molecule has 1 unspecified atom stereocenters. The number of anilines is 1. The lowest BCUT2D eigenvalue weighted by molar-refractivity contribution is -0.115. The number of alkyl halides is 1. The average molecular weight is 233 g/mol. The second-order valence-electron chi connectivity index (χ2n) is 2.92. The molecular weight excluding hydrogens is 223 g/mol. The average Bonchev–Trinajstić information content (AvgIpc) is 2.09. The lowest BCUT2D eigenvalue weighted by atomic mass is 10.3. The third kappa shape index (κ3) is 2.86. The van der Waals surface area contributed by atoms with Gasteiger partial charge in [0, 0.05) is 6.20 Å². The molecule has 0 aliphatic rings. The number of carbonyl (C=O) groups is 1. The van der Waals surface area contributed by atoms with E-state index in [1.807, 2.05) is 6.92 Å². The molecule has 76 valence electrons. The van der Waals surface area contributed by atoms with Gasteiger partial charge in [-0.05, 0) is 25.5 Å². The quantitative estimate of drug-likeness (QED) is 0.797. The van der Waals surface area contributed by atoms with Crippen LogP contribution in [-0.2, 0) is 4.79 Å². The zero-order chi connectivity index (χ0) is 10.7. The lowest BCUT2D eigenvalue weighted by Crippen LogP contribution is -2.21. The molecule has 5 heteroatoms. The van der Waals surface area contributed by atoms with Crippen LogP contribution in [0.15, 0.2) is 12.3 Å². The van der Waals surface area contributed by atoms with Crippen molar-refractivity contribution in [3.05, 3.63) is 22.8 Å². The van der Waals surface area contributed by atoms with Gasteiger partial charge in [0.2, 0.25) is 5.91 Å². The van der Waals surface area contributed by atoms with E-state index in [9.17, 15) is 4.79 Å². The van der Waals surface area contributed by atoms with Crippen LogP contribution >= 0.6 is 23.2 Å². The summed E-state index contributed by atoms with van der Waals surface area (Å²) in [5.74, 6) is 0.219. The SMILES string of the molecule is Cc1cc(Cl)cnc1NC(=O)C(C)Cl. The van der Waals surface area contributed by atoms with Crippen LogP contribution in [0.3, 0.4) is 0 Å². The van der Waals surface area contributed by atoms with E-state index >= 15 is 0 Å². The first-order valence-corrected chi connectivity index (χ1v) is 4.89. The molecule has 1 atom stereocenters. The van der Waals surface area contributed by atoms with Crippen LogP contribution in [0.4, 0.5) is 5.82 Å². The van der Waals surface area contributed by atoms with Gasteiger partial charge in [-0.1, -0.05) is 11.6 Å². The second-order valence-corrected chi connectivity index (χ2v) is 4.02. The fraction of sp³-hybridized carbons (Fsp3) is 0.333. The highest BCUT2D eigenvalue weighted by Crippen LogP contribution is 2.16. The van der Waals surface area contributed by atoms with Gasteiger partial charge in [0.05, 0.1) is 5.02 Å². The third-order valence-electron chi connectivity index (χ3n) is 1.65. The van der Waals surface area contributed by atoms with Crippen LogP contribution in [0.1, 0.15) is 12.5 Å². The minimum atomic E-state index is -0.577. The molecule has 1 heterocycles. The number of pyridine rings is 1. The van der Waals surface area contributed by atoms with Crippen LogP contribution < -0.4 is 5.32 Å². The minimum absolute atomic E-state index is 0.274. The Morgan fingerprint density at radius 1 is 1.64 bits per heavy atom. The molecule has 3 nitrogen and oxygen atoms in total. The van der Waals surface area contributed by atoms with E-state index in [4.69, 9.17) is 23.2 Å². The van der Waals surface area contributed by atoms with Gasteiger partial charge in [0.15, 0.2) is 0 Å². The normalized spacial score (nSPS) is 12.3. The summed E-state index contributed by atoms with van der Waals surface area (Å²) < 4.78 is 0. The maximum absolute atomic E-state index is 11.2. The monoisotopic (exact) mass is 232 g/mol. The summed E-state index contributed by atoms with van der Waals surface area (Å²) in [6.45, 7) is 3.41. The maximum atomic E-state index is 11.2. The van der Waals surface area contributed by atoms with Gasteiger partial charge in [0.1, 0.15) is 11.2 Å². The summed E-state index contributed by atoms with van der Waals surface area (Å²) in [5.41, 5.74) is 0.808. The molecule has 0 aliphatic carbocycles. The molecular formula is C9H10Cl2N2O. The number of halogens is 2. The molecule has 0 bridgehead atoms. The van der Waals surface area contributed by atoms with E-state index in [0.717, 1.165) is 5.56 Å². The molecule has 0 aromatic carbocycles. The Morgan fingerprint density at radius 3 is 2.79 bits per heavy atom. The van der Waals surface area contributed by atoms with E-state index in [1.54, 1.807) is 13.0 Å². The molecule has 1 N–H and O–H groups in total. The number of hydrogen-bond donors (Lipinski definition) is 1. The van der Waals surface area contributed by atoms with Crippen molar-refractivity contribution in [2.24, 2.45) is 0 Å². The van der Waals surface area contributed by atoms with Gasteiger partial charge in [-0.25, -0.2) is 4.98 Å². The predicted octanol–water partition coefficient (Wildman–Crippen LogP) is 2.61. The summed E-state index contributed by atoms with van der Waals surface area (Å²) >= 11 is 11.3. The number of amides is 1. The first-order valence-electron chi connectivity index (χ1n) is 4.08. The van der Waals surface area contributed by atoms with Gasteiger partial charge >= 0.3 is 0 Å². The summed E-state index contributed by atoms with van der Waals surface area (Å²) in [7, 11) is 0. The van der Waals surface area contributed by atoms with Crippen molar-refractivity contribution >= 4 is 34.9 Å². The Kier molecular flexibility index (Phi) is 3.72. The number of carbonyl (C=O) groups excluding carboxylic acids is 1. The van der Waals surface area contributed by atoms with Gasteiger partial charge in [-0.3, -0.25) is 4.79 Å². The zero-order valence-electron chi connectivity index (χ0n) is 7.84. The van der Waals surface area contributed by atoms with Crippen LogP contribution in [0.5, 0.6) is 0 Å². The molecule has 1 amide bonds. The van der Waals surface area contributed by atoms with Crippen molar-refractivity contribution < 1.29 is 4.79 Å². The molecule has 1 rings (SSSR count). The summed E-state index contributed by atoms with van der Waals surface area (Å²) in [4.78, 5) is 15.2. The highest BCUT2D eigenvalue weighted by Gasteiger charge is 2.11. The molecule has 0 saturated heterocycles. The molecule has 14 heavy (non-hydrogen) atoms.